The third kappa shape index (κ3) is 3.18. The van der Waals surface area contributed by atoms with Gasteiger partial charge in [0.25, 0.3) is 5.91 Å². The van der Waals surface area contributed by atoms with Crippen molar-refractivity contribution in [1.82, 2.24) is 9.80 Å². The molecular formula is C14H19N3O4. The van der Waals surface area contributed by atoms with Crippen LogP contribution in [0.3, 0.4) is 0 Å². The number of hydrogen-bond donors (Lipinski definition) is 1. The molecule has 1 aromatic rings. The van der Waals surface area contributed by atoms with E-state index in [0.717, 1.165) is 0 Å². The van der Waals surface area contributed by atoms with Gasteiger partial charge in [0.15, 0.2) is 0 Å². The summed E-state index contributed by atoms with van der Waals surface area (Å²) in [6.07, 6.45) is -0.372. The molecule has 7 heteroatoms. The predicted octanol–water partition coefficient (Wildman–Crippen LogP) is 0.802. The summed E-state index contributed by atoms with van der Waals surface area (Å²) >= 11 is 0. The summed E-state index contributed by atoms with van der Waals surface area (Å²) in [7, 11) is 2.86. The van der Waals surface area contributed by atoms with Gasteiger partial charge in [-0.2, -0.15) is 0 Å². The molecule has 0 unspecified atom stereocenters. The van der Waals surface area contributed by atoms with Crippen LogP contribution in [0, 0.1) is 0 Å². The van der Waals surface area contributed by atoms with E-state index in [2.05, 4.69) is 4.74 Å². The third-order valence-corrected chi connectivity index (χ3v) is 3.45. The van der Waals surface area contributed by atoms with Crippen LogP contribution in [0.4, 0.5) is 10.5 Å². The number of nitrogen functional groups attached to an aromatic ring is 1. The number of nitrogens with two attached hydrogens (primary N) is 1. The van der Waals surface area contributed by atoms with E-state index < -0.39 is 0 Å². The second-order valence-electron chi connectivity index (χ2n) is 4.71. The summed E-state index contributed by atoms with van der Waals surface area (Å²) < 4.78 is 9.87. The highest BCUT2D eigenvalue weighted by molar-refractivity contribution is 5.98. The van der Waals surface area contributed by atoms with Crippen LogP contribution in [0.25, 0.3) is 0 Å². The SMILES string of the molecule is COC(=O)N1CCN(C(=O)c2cc(N)ccc2OC)CC1. The molecule has 1 fully saturated rings. The van der Waals surface area contributed by atoms with Gasteiger partial charge in [0, 0.05) is 31.9 Å². The van der Waals surface area contributed by atoms with E-state index in [4.69, 9.17) is 10.5 Å². The normalized spacial score (nSPS) is 14.8. The molecule has 0 aliphatic carbocycles. The topological polar surface area (TPSA) is 85.1 Å². The molecule has 21 heavy (non-hydrogen) atoms. The molecule has 2 rings (SSSR count). The minimum absolute atomic E-state index is 0.149. The van der Waals surface area contributed by atoms with Gasteiger partial charge in [-0.05, 0) is 18.2 Å². The van der Waals surface area contributed by atoms with Gasteiger partial charge in [0.2, 0.25) is 0 Å². The highest BCUT2D eigenvalue weighted by atomic mass is 16.5. The van der Waals surface area contributed by atoms with Crippen LogP contribution in [-0.4, -0.2) is 62.2 Å². The lowest BCUT2D eigenvalue weighted by Crippen LogP contribution is -2.50. The van der Waals surface area contributed by atoms with E-state index in [1.165, 1.54) is 14.2 Å². The van der Waals surface area contributed by atoms with E-state index in [1.54, 1.807) is 28.0 Å². The molecule has 0 bridgehead atoms. The van der Waals surface area contributed by atoms with Crippen molar-refractivity contribution in [2.45, 2.75) is 0 Å². The number of piperazine rings is 1. The molecular weight excluding hydrogens is 274 g/mol. The maximum absolute atomic E-state index is 12.5. The second-order valence-corrected chi connectivity index (χ2v) is 4.71. The average Bonchev–Trinajstić information content (AvgIpc) is 2.53. The Labute approximate surface area is 123 Å². The van der Waals surface area contributed by atoms with E-state index in [0.29, 0.717) is 43.2 Å². The molecule has 1 heterocycles. The molecule has 0 radical (unpaired) electrons. The van der Waals surface area contributed by atoms with Crippen molar-refractivity contribution in [3.8, 4) is 5.75 Å². The lowest BCUT2D eigenvalue weighted by atomic mass is 10.1. The van der Waals surface area contributed by atoms with Crippen molar-refractivity contribution in [3.05, 3.63) is 23.8 Å². The van der Waals surface area contributed by atoms with Gasteiger partial charge in [-0.15, -0.1) is 0 Å². The Bertz CT molecular complexity index is 539. The summed E-state index contributed by atoms with van der Waals surface area (Å²) in [5.41, 5.74) is 6.67. The standard InChI is InChI=1S/C14H19N3O4/c1-20-12-4-3-10(15)9-11(12)13(18)16-5-7-17(8-6-16)14(19)21-2/h3-4,9H,5-8,15H2,1-2H3. The number of carbonyl (C=O) groups excluding carboxylic acids is 2. The highest BCUT2D eigenvalue weighted by Gasteiger charge is 2.26. The number of carbonyl (C=O) groups is 2. The Morgan fingerprint density at radius 1 is 1.10 bits per heavy atom. The Kier molecular flexibility index (Phi) is 4.52. The van der Waals surface area contributed by atoms with Gasteiger partial charge in [0.05, 0.1) is 19.8 Å². The summed E-state index contributed by atoms with van der Waals surface area (Å²) in [6.45, 7) is 1.80. The molecule has 7 nitrogen and oxygen atoms in total. The lowest BCUT2D eigenvalue weighted by molar-refractivity contribution is 0.0597. The van der Waals surface area contributed by atoms with Gasteiger partial charge in [-0.3, -0.25) is 4.79 Å². The number of anilines is 1. The van der Waals surface area contributed by atoms with Crippen LogP contribution in [0.15, 0.2) is 18.2 Å². The van der Waals surface area contributed by atoms with Crippen molar-refractivity contribution in [1.29, 1.82) is 0 Å². The van der Waals surface area contributed by atoms with E-state index in [-0.39, 0.29) is 12.0 Å². The number of amides is 2. The first kappa shape index (κ1) is 15.0. The molecule has 1 aliphatic rings. The quantitative estimate of drug-likeness (QED) is 0.815. The van der Waals surface area contributed by atoms with Gasteiger partial charge >= 0.3 is 6.09 Å². The van der Waals surface area contributed by atoms with Crippen molar-refractivity contribution in [2.75, 3.05) is 46.1 Å². The summed E-state index contributed by atoms with van der Waals surface area (Å²) in [5.74, 6) is 0.341. The Balaban J connectivity index is 2.09. The zero-order chi connectivity index (χ0) is 15.4. The molecule has 1 aromatic carbocycles. The third-order valence-electron chi connectivity index (χ3n) is 3.45. The minimum atomic E-state index is -0.372. The van der Waals surface area contributed by atoms with Crippen LogP contribution in [-0.2, 0) is 4.74 Å². The first-order chi connectivity index (χ1) is 10.1. The van der Waals surface area contributed by atoms with Gasteiger partial charge in [-0.1, -0.05) is 0 Å². The number of ether oxygens (including phenoxy) is 2. The maximum atomic E-state index is 12.5. The zero-order valence-electron chi connectivity index (χ0n) is 12.2. The van der Waals surface area contributed by atoms with Crippen LogP contribution in [0.5, 0.6) is 5.75 Å². The monoisotopic (exact) mass is 293 g/mol. The van der Waals surface area contributed by atoms with Gasteiger partial charge < -0.3 is 25.0 Å². The van der Waals surface area contributed by atoms with Crippen LogP contribution in [0.2, 0.25) is 0 Å². The fraction of sp³-hybridized carbons (Fsp3) is 0.429. The molecule has 0 spiro atoms. The molecule has 1 saturated heterocycles. The summed E-state index contributed by atoms with van der Waals surface area (Å²) in [4.78, 5) is 27.2. The molecule has 2 amide bonds. The number of rotatable bonds is 2. The van der Waals surface area contributed by atoms with Gasteiger partial charge in [0.1, 0.15) is 5.75 Å². The Hall–Kier alpha value is -2.44. The van der Waals surface area contributed by atoms with Crippen LogP contribution in [0.1, 0.15) is 10.4 Å². The van der Waals surface area contributed by atoms with Crippen LogP contribution >= 0.6 is 0 Å². The summed E-state index contributed by atoms with van der Waals surface area (Å²) in [5, 5.41) is 0. The van der Waals surface area contributed by atoms with Gasteiger partial charge in [-0.25, -0.2) is 4.79 Å². The Morgan fingerprint density at radius 3 is 2.29 bits per heavy atom. The van der Waals surface area contributed by atoms with Crippen molar-refractivity contribution >= 4 is 17.7 Å². The fourth-order valence-electron chi connectivity index (χ4n) is 2.28. The van der Waals surface area contributed by atoms with E-state index in [1.807, 2.05) is 0 Å². The molecule has 0 saturated carbocycles. The average molecular weight is 293 g/mol. The largest absolute Gasteiger partial charge is 0.496 e. The molecule has 0 aromatic heterocycles. The molecule has 1 aliphatic heterocycles. The second kappa shape index (κ2) is 6.34. The van der Waals surface area contributed by atoms with Crippen molar-refractivity contribution in [3.63, 3.8) is 0 Å². The summed E-state index contributed by atoms with van der Waals surface area (Å²) in [6, 6.07) is 4.96. The van der Waals surface area contributed by atoms with Crippen LogP contribution < -0.4 is 10.5 Å². The number of hydrogen-bond acceptors (Lipinski definition) is 5. The Morgan fingerprint density at radius 2 is 1.71 bits per heavy atom. The lowest BCUT2D eigenvalue weighted by Gasteiger charge is -2.34. The maximum Gasteiger partial charge on any atom is 0.409 e. The minimum Gasteiger partial charge on any atom is -0.496 e. The zero-order valence-corrected chi connectivity index (χ0v) is 12.2. The smallest absolute Gasteiger partial charge is 0.409 e. The predicted molar refractivity (Wildman–Crippen MR) is 77.3 cm³/mol. The first-order valence-electron chi connectivity index (χ1n) is 6.62. The molecule has 114 valence electrons. The number of methoxy groups -OCH3 is 2. The van der Waals surface area contributed by atoms with Crippen molar-refractivity contribution in [2.24, 2.45) is 0 Å². The fourth-order valence-corrected chi connectivity index (χ4v) is 2.28. The van der Waals surface area contributed by atoms with E-state index in [9.17, 15) is 9.59 Å². The molecule has 2 N–H and O–H groups in total. The number of nitrogens with zero attached hydrogens (tertiary/aromatic N) is 2. The highest BCUT2D eigenvalue weighted by Crippen LogP contribution is 2.23. The van der Waals surface area contributed by atoms with Crippen molar-refractivity contribution < 1.29 is 19.1 Å². The first-order valence-corrected chi connectivity index (χ1v) is 6.62. The number of benzene rings is 1. The molecule has 0 atom stereocenters. The van der Waals surface area contributed by atoms with E-state index >= 15 is 0 Å².